The van der Waals surface area contributed by atoms with Gasteiger partial charge in [-0.05, 0) is 31.0 Å². The summed E-state index contributed by atoms with van der Waals surface area (Å²) in [7, 11) is 0. The van der Waals surface area contributed by atoms with Crippen molar-refractivity contribution >= 4 is 11.9 Å². The molecule has 0 spiro atoms. The van der Waals surface area contributed by atoms with Crippen LogP contribution in [0.3, 0.4) is 0 Å². The molecule has 0 heterocycles. The normalized spacial score (nSPS) is 10.2. The molecule has 0 saturated carbocycles. The Labute approximate surface area is 119 Å². The number of benzene rings is 1. The minimum absolute atomic E-state index is 0.0147. The van der Waals surface area contributed by atoms with Crippen LogP contribution in [-0.2, 0) is 16.1 Å². The molecule has 0 fully saturated rings. The molecule has 0 atom stereocenters. The van der Waals surface area contributed by atoms with Crippen LogP contribution in [0.5, 0.6) is 0 Å². The molecule has 0 bridgehead atoms. The fourth-order valence-corrected chi connectivity index (χ4v) is 1.85. The number of amides is 1. The predicted octanol–water partition coefficient (Wildman–Crippen LogP) is 1.56. The van der Waals surface area contributed by atoms with Gasteiger partial charge in [0.1, 0.15) is 6.54 Å². The Bertz CT molecular complexity index is 443. The lowest BCUT2D eigenvalue weighted by Gasteiger charge is -2.21. The second kappa shape index (κ2) is 8.32. The van der Waals surface area contributed by atoms with Gasteiger partial charge in [-0.1, -0.05) is 19.1 Å². The molecule has 0 unspecified atom stereocenters. The number of carbonyl (C=O) groups is 2. The summed E-state index contributed by atoms with van der Waals surface area (Å²) in [6.45, 7) is 4.97. The molecule has 0 aliphatic heterocycles. The molecule has 0 radical (unpaired) electrons. The van der Waals surface area contributed by atoms with E-state index in [4.69, 9.17) is 10.5 Å². The topological polar surface area (TPSA) is 72.6 Å². The van der Waals surface area contributed by atoms with Gasteiger partial charge < -0.3 is 15.4 Å². The maximum Gasteiger partial charge on any atom is 0.325 e. The number of hydrogen-bond acceptors (Lipinski definition) is 4. The summed E-state index contributed by atoms with van der Waals surface area (Å²) >= 11 is 0. The molecule has 0 aliphatic carbocycles. The van der Waals surface area contributed by atoms with Gasteiger partial charge in [0.05, 0.1) is 6.61 Å². The Hall–Kier alpha value is -1.88. The monoisotopic (exact) mass is 278 g/mol. The van der Waals surface area contributed by atoms with Crippen LogP contribution in [0.4, 0.5) is 0 Å². The molecule has 0 saturated heterocycles. The standard InChI is InChI=1S/C15H22N2O3/c1-3-9-17(11-14(18)20-4-2)15(19)13-7-5-12(10-16)6-8-13/h5-8H,3-4,9-11,16H2,1-2H3. The van der Waals surface area contributed by atoms with Crippen molar-refractivity contribution in [2.24, 2.45) is 5.73 Å². The molecule has 1 aromatic carbocycles. The van der Waals surface area contributed by atoms with Crippen molar-refractivity contribution in [3.8, 4) is 0 Å². The molecule has 2 N–H and O–H groups in total. The highest BCUT2D eigenvalue weighted by atomic mass is 16.5. The van der Waals surface area contributed by atoms with Crippen LogP contribution in [0.1, 0.15) is 36.2 Å². The van der Waals surface area contributed by atoms with Gasteiger partial charge in [-0.2, -0.15) is 0 Å². The van der Waals surface area contributed by atoms with Crippen molar-refractivity contribution in [2.45, 2.75) is 26.8 Å². The average Bonchev–Trinajstić information content (AvgIpc) is 2.46. The van der Waals surface area contributed by atoms with E-state index < -0.39 is 0 Å². The second-order valence-electron chi connectivity index (χ2n) is 4.43. The van der Waals surface area contributed by atoms with Crippen LogP contribution < -0.4 is 5.73 Å². The SMILES string of the molecule is CCCN(CC(=O)OCC)C(=O)c1ccc(CN)cc1. The largest absolute Gasteiger partial charge is 0.465 e. The van der Waals surface area contributed by atoms with Gasteiger partial charge in [0.15, 0.2) is 0 Å². The first-order valence-corrected chi connectivity index (χ1v) is 6.86. The lowest BCUT2D eigenvalue weighted by atomic mass is 10.1. The number of ether oxygens (including phenoxy) is 1. The molecule has 20 heavy (non-hydrogen) atoms. The van der Waals surface area contributed by atoms with E-state index in [1.54, 1.807) is 19.1 Å². The van der Waals surface area contributed by atoms with E-state index in [2.05, 4.69) is 0 Å². The van der Waals surface area contributed by atoms with E-state index in [0.29, 0.717) is 25.3 Å². The zero-order valence-corrected chi connectivity index (χ0v) is 12.1. The zero-order chi connectivity index (χ0) is 15.0. The summed E-state index contributed by atoms with van der Waals surface area (Å²) in [5.41, 5.74) is 7.05. The van der Waals surface area contributed by atoms with Crippen molar-refractivity contribution in [3.05, 3.63) is 35.4 Å². The third-order valence-corrected chi connectivity index (χ3v) is 2.84. The second-order valence-corrected chi connectivity index (χ2v) is 4.43. The van der Waals surface area contributed by atoms with Crippen LogP contribution in [0.25, 0.3) is 0 Å². The highest BCUT2D eigenvalue weighted by Crippen LogP contribution is 2.08. The third kappa shape index (κ3) is 4.66. The molecule has 1 amide bonds. The van der Waals surface area contributed by atoms with Crippen LogP contribution in [-0.4, -0.2) is 36.5 Å². The third-order valence-electron chi connectivity index (χ3n) is 2.84. The number of nitrogens with zero attached hydrogens (tertiary/aromatic N) is 1. The Kier molecular flexibility index (Phi) is 6.73. The number of rotatable bonds is 7. The minimum atomic E-state index is -0.382. The number of esters is 1. The van der Waals surface area contributed by atoms with E-state index >= 15 is 0 Å². The van der Waals surface area contributed by atoms with E-state index in [9.17, 15) is 9.59 Å². The molecule has 5 nitrogen and oxygen atoms in total. The van der Waals surface area contributed by atoms with Gasteiger partial charge in [-0.25, -0.2) is 0 Å². The molecular formula is C15H22N2O3. The average molecular weight is 278 g/mol. The van der Waals surface area contributed by atoms with Gasteiger partial charge in [-0.15, -0.1) is 0 Å². The summed E-state index contributed by atoms with van der Waals surface area (Å²) < 4.78 is 4.89. The zero-order valence-electron chi connectivity index (χ0n) is 12.1. The first kappa shape index (κ1) is 16.2. The summed E-state index contributed by atoms with van der Waals surface area (Å²) in [6, 6.07) is 7.11. The van der Waals surface area contributed by atoms with Crippen molar-refractivity contribution in [2.75, 3.05) is 19.7 Å². The fourth-order valence-electron chi connectivity index (χ4n) is 1.85. The lowest BCUT2D eigenvalue weighted by molar-refractivity contribution is -0.143. The highest BCUT2D eigenvalue weighted by Gasteiger charge is 2.18. The lowest BCUT2D eigenvalue weighted by Crippen LogP contribution is -2.37. The number of hydrogen-bond donors (Lipinski definition) is 1. The van der Waals surface area contributed by atoms with Gasteiger partial charge in [0.2, 0.25) is 0 Å². The van der Waals surface area contributed by atoms with E-state index in [1.807, 2.05) is 19.1 Å². The van der Waals surface area contributed by atoms with Gasteiger partial charge in [-0.3, -0.25) is 9.59 Å². The van der Waals surface area contributed by atoms with Crippen molar-refractivity contribution in [1.82, 2.24) is 4.90 Å². The van der Waals surface area contributed by atoms with E-state index in [1.165, 1.54) is 4.90 Å². The molecule has 1 rings (SSSR count). The molecular weight excluding hydrogens is 256 g/mol. The molecule has 1 aromatic rings. The molecule has 0 aliphatic rings. The molecule has 5 heteroatoms. The highest BCUT2D eigenvalue weighted by molar-refractivity contribution is 5.96. The van der Waals surface area contributed by atoms with Crippen molar-refractivity contribution < 1.29 is 14.3 Å². The first-order valence-electron chi connectivity index (χ1n) is 6.86. The summed E-state index contributed by atoms with van der Waals surface area (Å²) in [5, 5.41) is 0. The van der Waals surface area contributed by atoms with Crippen LogP contribution >= 0.6 is 0 Å². The smallest absolute Gasteiger partial charge is 0.325 e. The first-order chi connectivity index (χ1) is 9.62. The predicted molar refractivity (Wildman–Crippen MR) is 77.2 cm³/mol. The Morgan fingerprint density at radius 2 is 1.85 bits per heavy atom. The molecule has 0 aromatic heterocycles. The van der Waals surface area contributed by atoms with Crippen LogP contribution in [0.15, 0.2) is 24.3 Å². The van der Waals surface area contributed by atoms with Crippen molar-refractivity contribution in [1.29, 1.82) is 0 Å². The number of carbonyl (C=O) groups excluding carboxylic acids is 2. The van der Waals surface area contributed by atoms with Gasteiger partial charge in [0.25, 0.3) is 5.91 Å². The van der Waals surface area contributed by atoms with Crippen LogP contribution in [0, 0.1) is 0 Å². The maximum absolute atomic E-state index is 12.4. The quantitative estimate of drug-likeness (QED) is 0.768. The van der Waals surface area contributed by atoms with E-state index in [-0.39, 0.29) is 18.4 Å². The summed E-state index contributed by atoms with van der Waals surface area (Å²) in [6.07, 6.45) is 0.784. The summed E-state index contributed by atoms with van der Waals surface area (Å²) in [5.74, 6) is -0.545. The fraction of sp³-hybridized carbons (Fsp3) is 0.467. The van der Waals surface area contributed by atoms with Crippen LogP contribution in [0.2, 0.25) is 0 Å². The van der Waals surface area contributed by atoms with Gasteiger partial charge >= 0.3 is 5.97 Å². The molecule has 110 valence electrons. The van der Waals surface area contributed by atoms with Crippen molar-refractivity contribution in [3.63, 3.8) is 0 Å². The Morgan fingerprint density at radius 3 is 2.35 bits per heavy atom. The minimum Gasteiger partial charge on any atom is -0.465 e. The van der Waals surface area contributed by atoms with Gasteiger partial charge in [0, 0.05) is 18.7 Å². The summed E-state index contributed by atoms with van der Waals surface area (Å²) in [4.78, 5) is 25.4. The maximum atomic E-state index is 12.4. The Balaban J connectivity index is 2.78. The number of nitrogens with two attached hydrogens (primary N) is 1. The Morgan fingerprint density at radius 1 is 1.20 bits per heavy atom. The van der Waals surface area contributed by atoms with E-state index in [0.717, 1.165) is 12.0 Å².